The summed E-state index contributed by atoms with van der Waals surface area (Å²) in [6, 6.07) is 0. The zero-order valence-corrected chi connectivity index (χ0v) is 11.9. The van der Waals surface area contributed by atoms with E-state index in [2.05, 4.69) is 11.9 Å². The molecule has 0 bridgehead atoms. The molecule has 4 heteroatoms. The van der Waals surface area contributed by atoms with Gasteiger partial charge in [0.1, 0.15) is 5.60 Å². The third-order valence-corrected chi connectivity index (χ3v) is 3.30. The average Bonchev–Trinajstić information content (AvgIpc) is 2.31. The molecule has 1 heterocycles. The summed E-state index contributed by atoms with van der Waals surface area (Å²) >= 11 is 0. The molecule has 0 aromatic rings. The molecule has 0 aliphatic carbocycles. The molecule has 0 spiro atoms. The van der Waals surface area contributed by atoms with E-state index in [1.165, 1.54) is 0 Å². The summed E-state index contributed by atoms with van der Waals surface area (Å²) in [4.78, 5) is 23.4. The first-order chi connectivity index (χ1) is 8.04. The molecular weight excluding hydrogens is 230 g/mol. The van der Waals surface area contributed by atoms with Gasteiger partial charge in [0.2, 0.25) is 5.91 Å². The Balaban J connectivity index is 2.56. The van der Waals surface area contributed by atoms with Crippen LogP contribution in [-0.4, -0.2) is 17.5 Å². The fourth-order valence-corrected chi connectivity index (χ4v) is 2.08. The van der Waals surface area contributed by atoms with E-state index in [9.17, 15) is 9.59 Å². The first-order valence-electron chi connectivity index (χ1n) is 6.26. The van der Waals surface area contributed by atoms with Crippen LogP contribution in [0.15, 0.2) is 12.3 Å². The molecule has 0 unspecified atom stereocenters. The topological polar surface area (TPSA) is 55.4 Å². The molecule has 0 radical (unpaired) electrons. The van der Waals surface area contributed by atoms with Gasteiger partial charge in [-0.2, -0.15) is 0 Å². The largest absolute Gasteiger partial charge is 0.460 e. The molecule has 1 fully saturated rings. The fourth-order valence-electron chi connectivity index (χ4n) is 2.08. The lowest BCUT2D eigenvalue weighted by Crippen LogP contribution is -2.27. The highest BCUT2D eigenvalue weighted by atomic mass is 16.6. The van der Waals surface area contributed by atoms with Gasteiger partial charge in [0, 0.05) is 23.5 Å². The standard InChI is InChI=1S/C14H23NO3/c1-9-14(5,6)10(12(17)15-9)7-8-11(16)18-13(2,3)4/h10H,1,7-8H2,2-6H3,(H,15,17)/t10-/m1/s1. The number of hydrogen-bond acceptors (Lipinski definition) is 3. The molecule has 1 aliphatic heterocycles. The van der Waals surface area contributed by atoms with Gasteiger partial charge in [0.05, 0.1) is 0 Å². The fraction of sp³-hybridized carbons (Fsp3) is 0.714. The van der Waals surface area contributed by atoms with E-state index >= 15 is 0 Å². The monoisotopic (exact) mass is 253 g/mol. The van der Waals surface area contributed by atoms with E-state index in [4.69, 9.17) is 4.74 Å². The summed E-state index contributed by atoms with van der Waals surface area (Å²) in [5, 5.41) is 2.74. The average molecular weight is 253 g/mol. The van der Waals surface area contributed by atoms with Gasteiger partial charge in [0.15, 0.2) is 0 Å². The number of amides is 1. The van der Waals surface area contributed by atoms with Crippen LogP contribution >= 0.6 is 0 Å². The van der Waals surface area contributed by atoms with Gasteiger partial charge in [0.25, 0.3) is 0 Å². The minimum Gasteiger partial charge on any atom is -0.460 e. The van der Waals surface area contributed by atoms with Gasteiger partial charge < -0.3 is 10.1 Å². The van der Waals surface area contributed by atoms with Crippen molar-refractivity contribution in [3.8, 4) is 0 Å². The van der Waals surface area contributed by atoms with Crippen LogP contribution in [0.1, 0.15) is 47.5 Å². The predicted molar refractivity (Wildman–Crippen MR) is 69.6 cm³/mol. The van der Waals surface area contributed by atoms with Crippen molar-refractivity contribution >= 4 is 11.9 Å². The van der Waals surface area contributed by atoms with Crippen LogP contribution in [0, 0.1) is 11.3 Å². The molecule has 0 aromatic carbocycles. The van der Waals surface area contributed by atoms with Crippen molar-refractivity contribution in [1.29, 1.82) is 0 Å². The Morgan fingerprint density at radius 1 is 1.44 bits per heavy atom. The van der Waals surface area contributed by atoms with Crippen LogP contribution in [0.25, 0.3) is 0 Å². The normalized spacial score (nSPS) is 22.8. The number of carbonyl (C=O) groups excluding carboxylic acids is 2. The second kappa shape index (κ2) is 4.75. The first-order valence-corrected chi connectivity index (χ1v) is 6.26. The van der Waals surface area contributed by atoms with Gasteiger partial charge in [-0.25, -0.2) is 0 Å². The van der Waals surface area contributed by atoms with E-state index in [-0.39, 0.29) is 29.6 Å². The van der Waals surface area contributed by atoms with Gasteiger partial charge in [-0.05, 0) is 27.2 Å². The highest BCUT2D eigenvalue weighted by Gasteiger charge is 2.44. The summed E-state index contributed by atoms with van der Waals surface area (Å²) in [6.45, 7) is 13.3. The highest BCUT2D eigenvalue weighted by Crippen LogP contribution is 2.40. The maximum atomic E-state index is 11.8. The van der Waals surface area contributed by atoms with Crippen molar-refractivity contribution in [1.82, 2.24) is 5.32 Å². The summed E-state index contributed by atoms with van der Waals surface area (Å²) in [6.07, 6.45) is 0.749. The Hall–Kier alpha value is -1.32. The zero-order valence-electron chi connectivity index (χ0n) is 11.9. The second-order valence-corrected chi connectivity index (χ2v) is 6.37. The second-order valence-electron chi connectivity index (χ2n) is 6.37. The summed E-state index contributed by atoms with van der Waals surface area (Å²) in [5.74, 6) is -0.519. The number of carbonyl (C=O) groups is 2. The Morgan fingerprint density at radius 2 is 2.00 bits per heavy atom. The minimum absolute atomic E-state index is 0.0476. The number of esters is 1. The molecule has 102 valence electrons. The number of ether oxygens (including phenoxy) is 1. The molecule has 0 saturated carbocycles. The van der Waals surface area contributed by atoms with Crippen LogP contribution in [-0.2, 0) is 14.3 Å². The lowest BCUT2D eigenvalue weighted by atomic mass is 9.77. The Labute approximate surface area is 109 Å². The van der Waals surface area contributed by atoms with Crippen LogP contribution in [0.4, 0.5) is 0 Å². The lowest BCUT2D eigenvalue weighted by Gasteiger charge is -2.25. The van der Waals surface area contributed by atoms with Crippen LogP contribution < -0.4 is 5.32 Å². The molecule has 1 rings (SSSR count). The zero-order chi connectivity index (χ0) is 14.1. The van der Waals surface area contributed by atoms with Crippen molar-refractivity contribution in [2.75, 3.05) is 0 Å². The molecular formula is C14H23NO3. The number of rotatable bonds is 3. The quantitative estimate of drug-likeness (QED) is 0.786. The van der Waals surface area contributed by atoms with E-state index < -0.39 is 5.60 Å². The molecule has 4 nitrogen and oxygen atoms in total. The van der Waals surface area contributed by atoms with Crippen molar-refractivity contribution < 1.29 is 14.3 Å². The van der Waals surface area contributed by atoms with Gasteiger partial charge in [-0.3, -0.25) is 9.59 Å². The van der Waals surface area contributed by atoms with Crippen molar-refractivity contribution in [3.63, 3.8) is 0 Å². The molecule has 1 amide bonds. The number of allylic oxidation sites excluding steroid dienone is 1. The first kappa shape index (κ1) is 14.7. The SMILES string of the molecule is C=C1NC(=O)[C@@H](CCC(=O)OC(C)(C)C)C1(C)C. The molecule has 18 heavy (non-hydrogen) atoms. The minimum atomic E-state index is -0.478. The van der Waals surface area contributed by atoms with Crippen LogP contribution in [0.5, 0.6) is 0 Å². The van der Waals surface area contributed by atoms with Crippen molar-refractivity contribution in [2.45, 2.75) is 53.1 Å². The highest BCUT2D eigenvalue weighted by molar-refractivity contribution is 5.85. The molecule has 1 aliphatic rings. The smallest absolute Gasteiger partial charge is 0.306 e. The summed E-state index contributed by atoms with van der Waals surface area (Å²) in [5.41, 5.74) is -0.0607. The number of nitrogens with one attached hydrogen (secondary N) is 1. The Kier molecular flexibility index (Phi) is 3.89. The van der Waals surface area contributed by atoms with Gasteiger partial charge in [-0.15, -0.1) is 0 Å². The maximum Gasteiger partial charge on any atom is 0.306 e. The van der Waals surface area contributed by atoms with Gasteiger partial charge in [-0.1, -0.05) is 20.4 Å². The molecule has 0 aromatic heterocycles. The summed E-state index contributed by atoms with van der Waals surface area (Å²) < 4.78 is 5.23. The van der Waals surface area contributed by atoms with Crippen LogP contribution in [0.2, 0.25) is 0 Å². The molecule has 1 atom stereocenters. The van der Waals surface area contributed by atoms with Crippen molar-refractivity contribution in [3.05, 3.63) is 12.3 Å². The molecule has 1 saturated heterocycles. The number of hydrogen-bond donors (Lipinski definition) is 1. The molecule has 1 N–H and O–H groups in total. The van der Waals surface area contributed by atoms with Crippen molar-refractivity contribution in [2.24, 2.45) is 11.3 Å². The maximum absolute atomic E-state index is 11.8. The van der Waals surface area contributed by atoms with E-state index in [1.54, 1.807) is 0 Å². The predicted octanol–water partition coefficient (Wildman–Crippen LogP) is 2.39. The Bertz CT molecular complexity index is 377. The van der Waals surface area contributed by atoms with E-state index in [0.717, 1.165) is 5.70 Å². The van der Waals surface area contributed by atoms with Crippen LogP contribution in [0.3, 0.4) is 0 Å². The van der Waals surface area contributed by atoms with E-state index in [1.807, 2.05) is 34.6 Å². The third-order valence-electron chi connectivity index (χ3n) is 3.30. The van der Waals surface area contributed by atoms with E-state index in [0.29, 0.717) is 6.42 Å². The van der Waals surface area contributed by atoms with Gasteiger partial charge >= 0.3 is 5.97 Å². The lowest BCUT2D eigenvalue weighted by molar-refractivity contribution is -0.155. The Morgan fingerprint density at radius 3 is 2.39 bits per heavy atom. The summed E-state index contributed by atoms with van der Waals surface area (Å²) in [7, 11) is 0. The third kappa shape index (κ3) is 3.34.